The third-order valence-electron chi connectivity index (χ3n) is 4.43. The lowest BCUT2D eigenvalue weighted by Crippen LogP contribution is -2.45. The number of nitrogens with zero attached hydrogens (tertiary/aromatic N) is 4. The molecule has 2 heterocycles. The molecule has 1 aromatic heterocycles. The van der Waals surface area contributed by atoms with Crippen molar-refractivity contribution in [2.45, 2.75) is 26.4 Å². The molecular formula is C18H25N5O2. The number of likely N-dealkylation sites (N-methyl/N-ethyl adjacent to an activating group) is 1. The number of carbonyl (C=O) groups is 1. The second-order valence-corrected chi connectivity index (χ2v) is 6.25. The van der Waals surface area contributed by atoms with E-state index in [0.29, 0.717) is 24.8 Å². The summed E-state index contributed by atoms with van der Waals surface area (Å²) in [4.78, 5) is 21.1. The molecule has 1 aromatic carbocycles. The number of carbonyl (C=O) groups excluding carboxylic acids is 1. The van der Waals surface area contributed by atoms with Crippen LogP contribution in [0, 0.1) is 0 Å². The molecule has 0 unspecified atom stereocenters. The summed E-state index contributed by atoms with van der Waals surface area (Å²) in [5, 5.41) is 6.80. The van der Waals surface area contributed by atoms with Gasteiger partial charge in [0, 0.05) is 32.7 Å². The maximum atomic E-state index is 12.0. The van der Waals surface area contributed by atoms with Gasteiger partial charge in [-0.05, 0) is 12.1 Å². The number of benzene rings is 1. The number of rotatable bonds is 7. The maximum absolute atomic E-state index is 12.0. The van der Waals surface area contributed by atoms with Crippen molar-refractivity contribution in [3.05, 3.63) is 47.6 Å². The fourth-order valence-electron chi connectivity index (χ4n) is 2.88. The predicted octanol–water partition coefficient (Wildman–Crippen LogP) is 1.07. The van der Waals surface area contributed by atoms with Crippen molar-refractivity contribution in [2.24, 2.45) is 0 Å². The minimum Gasteiger partial charge on any atom is -0.352 e. The van der Waals surface area contributed by atoms with E-state index in [2.05, 4.69) is 32.2 Å². The average Bonchev–Trinajstić information content (AvgIpc) is 3.08. The maximum Gasteiger partial charge on any atom is 0.240 e. The molecule has 0 bridgehead atoms. The van der Waals surface area contributed by atoms with Crippen LogP contribution in [-0.2, 0) is 24.3 Å². The highest BCUT2D eigenvalue weighted by Gasteiger charge is 2.18. The molecule has 1 amide bonds. The minimum atomic E-state index is -0.104. The molecule has 0 spiro atoms. The highest BCUT2D eigenvalue weighted by atomic mass is 16.5. The Labute approximate surface area is 148 Å². The van der Waals surface area contributed by atoms with Gasteiger partial charge in [-0.15, -0.1) is 0 Å². The van der Waals surface area contributed by atoms with Crippen LogP contribution in [0.15, 0.2) is 34.9 Å². The molecule has 0 saturated carbocycles. The molecule has 7 heteroatoms. The van der Waals surface area contributed by atoms with Gasteiger partial charge in [-0.2, -0.15) is 4.98 Å². The van der Waals surface area contributed by atoms with Gasteiger partial charge in [0.25, 0.3) is 0 Å². The fraction of sp³-hybridized carbons (Fsp3) is 0.500. The Morgan fingerprint density at radius 3 is 2.60 bits per heavy atom. The summed E-state index contributed by atoms with van der Waals surface area (Å²) < 4.78 is 5.29. The highest BCUT2D eigenvalue weighted by molar-refractivity contribution is 5.77. The van der Waals surface area contributed by atoms with Crippen LogP contribution in [0.2, 0.25) is 0 Å². The Bertz CT molecular complexity index is 665. The number of hydrogen-bond acceptors (Lipinski definition) is 6. The van der Waals surface area contributed by atoms with Crippen LogP contribution in [0.5, 0.6) is 0 Å². The molecule has 134 valence electrons. The second kappa shape index (κ2) is 8.73. The van der Waals surface area contributed by atoms with Crippen molar-refractivity contribution in [1.82, 2.24) is 25.3 Å². The Hall–Kier alpha value is -2.25. The molecule has 1 saturated heterocycles. The summed E-state index contributed by atoms with van der Waals surface area (Å²) in [6.45, 7) is 8.58. The molecule has 0 aliphatic carbocycles. The van der Waals surface area contributed by atoms with Gasteiger partial charge < -0.3 is 14.7 Å². The van der Waals surface area contributed by atoms with Gasteiger partial charge in [0.1, 0.15) is 0 Å². The summed E-state index contributed by atoms with van der Waals surface area (Å²) in [7, 11) is 0. The highest BCUT2D eigenvalue weighted by Crippen LogP contribution is 2.07. The van der Waals surface area contributed by atoms with E-state index in [1.54, 1.807) is 0 Å². The number of amides is 1. The van der Waals surface area contributed by atoms with E-state index >= 15 is 0 Å². The fourth-order valence-corrected chi connectivity index (χ4v) is 2.88. The lowest BCUT2D eigenvalue weighted by atomic mass is 10.2. The smallest absolute Gasteiger partial charge is 0.240 e. The molecular weight excluding hydrogens is 318 g/mol. The zero-order valence-corrected chi connectivity index (χ0v) is 14.6. The molecule has 0 radical (unpaired) electrons. The minimum absolute atomic E-state index is 0.104. The van der Waals surface area contributed by atoms with Gasteiger partial charge in [0.05, 0.1) is 13.0 Å². The van der Waals surface area contributed by atoms with Gasteiger partial charge in [-0.25, -0.2) is 0 Å². The topological polar surface area (TPSA) is 74.5 Å². The summed E-state index contributed by atoms with van der Waals surface area (Å²) >= 11 is 0. The number of piperazine rings is 1. The van der Waals surface area contributed by atoms with Gasteiger partial charge in [0.2, 0.25) is 11.8 Å². The molecule has 3 rings (SSSR count). The summed E-state index contributed by atoms with van der Waals surface area (Å²) in [6, 6.07) is 9.81. The molecule has 25 heavy (non-hydrogen) atoms. The number of hydrogen-bond donors (Lipinski definition) is 1. The van der Waals surface area contributed by atoms with E-state index in [9.17, 15) is 4.79 Å². The van der Waals surface area contributed by atoms with Crippen molar-refractivity contribution in [3.8, 4) is 0 Å². The summed E-state index contributed by atoms with van der Waals surface area (Å²) in [5.74, 6) is 0.913. The molecule has 0 atom stereocenters. The van der Waals surface area contributed by atoms with Crippen molar-refractivity contribution in [1.29, 1.82) is 0 Å². The number of aromatic nitrogens is 2. The van der Waals surface area contributed by atoms with Crippen molar-refractivity contribution < 1.29 is 9.32 Å². The molecule has 1 N–H and O–H groups in total. The van der Waals surface area contributed by atoms with Gasteiger partial charge >= 0.3 is 0 Å². The van der Waals surface area contributed by atoms with E-state index < -0.39 is 0 Å². The quantitative estimate of drug-likeness (QED) is 0.810. The first-order valence-corrected chi connectivity index (χ1v) is 8.79. The van der Waals surface area contributed by atoms with Gasteiger partial charge in [-0.3, -0.25) is 9.69 Å². The van der Waals surface area contributed by atoms with Gasteiger partial charge in [0.15, 0.2) is 5.82 Å². The summed E-state index contributed by atoms with van der Waals surface area (Å²) in [5.41, 5.74) is 1.07. The van der Waals surface area contributed by atoms with Crippen molar-refractivity contribution >= 4 is 5.91 Å². The van der Waals surface area contributed by atoms with Crippen LogP contribution in [0.1, 0.15) is 24.2 Å². The zero-order chi connectivity index (χ0) is 17.5. The largest absolute Gasteiger partial charge is 0.352 e. The molecule has 1 aliphatic rings. The Kier molecular flexibility index (Phi) is 6.14. The third kappa shape index (κ3) is 5.37. The lowest BCUT2D eigenvalue weighted by molar-refractivity contribution is -0.120. The predicted molar refractivity (Wildman–Crippen MR) is 93.7 cm³/mol. The Balaban J connectivity index is 1.43. The molecule has 1 fully saturated rings. The first-order valence-electron chi connectivity index (χ1n) is 8.79. The van der Waals surface area contributed by atoms with Crippen molar-refractivity contribution in [3.63, 3.8) is 0 Å². The van der Waals surface area contributed by atoms with E-state index in [1.165, 1.54) is 0 Å². The van der Waals surface area contributed by atoms with Crippen LogP contribution >= 0.6 is 0 Å². The van der Waals surface area contributed by atoms with Crippen molar-refractivity contribution in [2.75, 3.05) is 32.7 Å². The third-order valence-corrected chi connectivity index (χ3v) is 4.43. The second-order valence-electron chi connectivity index (χ2n) is 6.25. The van der Waals surface area contributed by atoms with Crippen LogP contribution in [-0.4, -0.2) is 58.6 Å². The first kappa shape index (κ1) is 17.6. The zero-order valence-electron chi connectivity index (χ0n) is 14.6. The first-order chi connectivity index (χ1) is 12.2. The summed E-state index contributed by atoms with van der Waals surface area (Å²) in [6.07, 6.45) is 0.139. The van der Waals surface area contributed by atoms with E-state index in [0.717, 1.165) is 38.3 Å². The monoisotopic (exact) mass is 343 g/mol. The van der Waals surface area contributed by atoms with Crippen LogP contribution < -0.4 is 5.32 Å². The van der Waals surface area contributed by atoms with Crippen LogP contribution in [0.4, 0.5) is 0 Å². The van der Waals surface area contributed by atoms with E-state index in [4.69, 9.17) is 4.52 Å². The van der Waals surface area contributed by atoms with Gasteiger partial charge in [-0.1, -0.05) is 42.4 Å². The molecule has 1 aliphatic heterocycles. The van der Waals surface area contributed by atoms with Crippen LogP contribution in [0.25, 0.3) is 0 Å². The lowest BCUT2D eigenvalue weighted by Gasteiger charge is -2.33. The number of nitrogens with one attached hydrogen (secondary N) is 1. The average molecular weight is 343 g/mol. The molecule has 7 nitrogen and oxygen atoms in total. The van der Waals surface area contributed by atoms with E-state index in [1.807, 2.05) is 30.3 Å². The van der Waals surface area contributed by atoms with E-state index in [-0.39, 0.29) is 12.3 Å². The Morgan fingerprint density at radius 1 is 1.16 bits per heavy atom. The van der Waals surface area contributed by atoms with Crippen LogP contribution in [0.3, 0.4) is 0 Å². The Morgan fingerprint density at radius 2 is 1.88 bits per heavy atom. The molecule has 2 aromatic rings. The SMILES string of the molecule is CCN1CCN(Cc2nc(CC(=O)NCc3ccccc3)no2)CC1. The normalized spacial score (nSPS) is 16.0. The standard InChI is InChI=1S/C18H25N5O2/c1-2-22-8-10-23(11-9-22)14-18-20-16(21-25-18)12-17(24)19-13-15-6-4-3-5-7-15/h3-7H,2,8-14H2,1H3,(H,19,24).